The molecule has 0 unspecified atom stereocenters. The van der Waals surface area contributed by atoms with Crippen LogP contribution in [0.3, 0.4) is 0 Å². The second kappa shape index (κ2) is 8.97. The molecule has 0 aliphatic carbocycles. The average Bonchev–Trinajstić information content (AvgIpc) is 3.02. The molecule has 0 radical (unpaired) electrons. The standard InChI is InChI=1S/C22H21BrN4O4/c23-16-3-4-17-18(10-16)22(31)27(21(17)30)13-19(28)26-8-5-14(6-9-26)11-25-20(29)15-2-1-7-24-12-15/h1-4,7,10,12,14H,5-6,8-9,11,13H2,(H,25,29). The highest BCUT2D eigenvalue weighted by molar-refractivity contribution is 9.10. The number of rotatable bonds is 5. The highest BCUT2D eigenvalue weighted by Crippen LogP contribution is 2.26. The maximum absolute atomic E-state index is 12.7. The van der Waals surface area contributed by atoms with Crippen LogP contribution < -0.4 is 5.32 Å². The van der Waals surface area contributed by atoms with Gasteiger partial charge in [-0.15, -0.1) is 0 Å². The summed E-state index contributed by atoms with van der Waals surface area (Å²) in [6, 6.07) is 8.32. The predicted octanol–water partition coefficient (Wildman–Crippen LogP) is 2.11. The highest BCUT2D eigenvalue weighted by atomic mass is 79.9. The number of fused-ring (bicyclic) bond motifs is 1. The first-order valence-corrected chi connectivity index (χ1v) is 10.8. The van der Waals surface area contributed by atoms with Gasteiger partial charge < -0.3 is 10.2 Å². The molecule has 1 aromatic heterocycles. The lowest BCUT2D eigenvalue weighted by atomic mass is 9.96. The van der Waals surface area contributed by atoms with Gasteiger partial charge in [0.2, 0.25) is 5.91 Å². The van der Waals surface area contributed by atoms with Crippen LogP contribution in [0, 0.1) is 5.92 Å². The molecule has 0 bridgehead atoms. The third-order valence-corrected chi connectivity index (χ3v) is 6.16. The lowest BCUT2D eigenvalue weighted by Gasteiger charge is -2.32. The van der Waals surface area contributed by atoms with E-state index in [-0.39, 0.29) is 24.3 Å². The van der Waals surface area contributed by atoms with E-state index in [9.17, 15) is 19.2 Å². The van der Waals surface area contributed by atoms with Gasteiger partial charge in [-0.1, -0.05) is 15.9 Å². The number of nitrogens with zero attached hydrogens (tertiary/aromatic N) is 3. The Kier molecular flexibility index (Phi) is 6.13. The number of nitrogens with one attached hydrogen (secondary N) is 1. The number of likely N-dealkylation sites (tertiary alicyclic amines) is 1. The molecule has 0 saturated carbocycles. The Bertz CT molecular complexity index is 1040. The van der Waals surface area contributed by atoms with Gasteiger partial charge >= 0.3 is 0 Å². The molecule has 2 aromatic rings. The van der Waals surface area contributed by atoms with Crippen LogP contribution in [0.25, 0.3) is 0 Å². The Morgan fingerprint density at radius 1 is 1.10 bits per heavy atom. The summed E-state index contributed by atoms with van der Waals surface area (Å²) >= 11 is 3.30. The molecule has 160 valence electrons. The van der Waals surface area contributed by atoms with Crippen molar-refractivity contribution in [2.75, 3.05) is 26.2 Å². The molecule has 9 heteroatoms. The normalized spacial score (nSPS) is 16.4. The molecule has 1 aromatic carbocycles. The molecule has 1 fully saturated rings. The van der Waals surface area contributed by atoms with E-state index in [2.05, 4.69) is 26.2 Å². The van der Waals surface area contributed by atoms with Gasteiger partial charge in [0.25, 0.3) is 17.7 Å². The minimum absolute atomic E-state index is 0.163. The Labute approximate surface area is 187 Å². The Morgan fingerprint density at radius 2 is 1.84 bits per heavy atom. The van der Waals surface area contributed by atoms with Gasteiger partial charge in [-0.05, 0) is 49.1 Å². The highest BCUT2D eigenvalue weighted by Gasteiger charge is 2.37. The van der Waals surface area contributed by atoms with Crippen LogP contribution in [0.5, 0.6) is 0 Å². The van der Waals surface area contributed by atoms with Crippen molar-refractivity contribution in [1.82, 2.24) is 20.1 Å². The van der Waals surface area contributed by atoms with Crippen LogP contribution in [-0.2, 0) is 4.79 Å². The van der Waals surface area contributed by atoms with Gasteiger partial charge in [-0.25, -0.2) is 0 Å². The van der Waals surface area contributed by atoms with Gasteiger partial charge in [0.15, 0.2) is 0 Å². The lowest BCUT2D eigenvalue weighted by molar-refractivity contribution is -0.132. The van der Waals surface area contributed by atoms with Crippen molar-refractivity contribution in [3.63, 3.8) is 0 Å². The second-order valence-corrected chi connectivity index (χ2v) is 8.58. The zero-order valence-electron chi connectivity index (χ0n) is 16.7. The summed E-state index contributed by atoms with van der Waals surface area (Å²) < 4.78 is 0.707. The largest absolute Gasteiger partial charge is 0.352 e. The predicted molar refractivity (Wildman–Crippen MR) is 115 cm³/mol. The number of carbonyl (C=O) groups is 4. The van der Waals surface area contributed by atoms with Crippen molar-refractivity contribution in [2.24, 2.45) is 5.92 Å². The fraction of sp³-hybridized carbons (Fsp3) is 0.318. The quantitative estimate of drug-likeness (QED) is 0.655. The van der Waals surface area contributed by atoms with Gasteiger partial charge in [0.05, 0.1) is 16.7 Å². The number of hydrogen-bond donors (Lipinski definition) is 1. The summed E-state index contributed by atoms with van der Waals surface area (Å²) in [5.41, 5.74) is 1.15. The minimum Gasteiger partial charge on any atom is -0.352 e. The van der Waals surface area contributed by atoms with Crippen molar-refractivity contribution < 1.29 is 19.2 Å². The molecule has 4 rings (SSSR count). The number of halogens is 1. The fourth-order valence-corrected chi connectivity index (χ4v) is 4.23. The van der Waals surface area contributed by atoms with Crippen LogP contribution in [0.4, 0.5) is 0 Å². The summed E-state index contributed by atoms with van der Waals surface area (Å²) in [5.74, 6) is -1.02. The van der Waals surface area contributed by atoms with Crippen molar-refractivity contribution in [2.45, 2.75) is 12.8 Å². The number of pyridine rings is 1. The molecule has 0 atom stereocenters. The smallest absolute Gasteiger partial charge is 0.262 e. The van der Waals surface area contributed by atoms with Gasteiger partial charge in [0.1, 0.15) is 6.54 Å². The number of piperidine rings is 1. The zero-order valence-corrected chi connectivity index (χ0v) is 18.3. The monoisotopic (exact) mass is 484 g/mol. The molecule has 31 heavy (non-hydrogen) atoms. The second-order valence-electron chi connectivity index (χ2n) is 7.66. The zero-order chi connectivity index (χ0) is 22.0. The first-order valence-electron chi connectivity index (χ1n) is 10.1. The minimum atomic E-state index is -0.442. The number of amides is 4. The average molecular weight is 485 g/mol. The van der Waals surface area contributed by atoms with E-state index >= 15 is 0 Å². The van der Waals surface area contributed by atoms with E-state index < -0.39 is 11.8 Å². The van der Waals surface area contributed by atoms with Crippen LogP contribution in [-0.4, -0.2) is 64.6 Å². The molecular weight excluding hydrogens is 464 g/mol. The topological polar surface area (TPSA) is 99.7 Å². The third kappa shape index (κ3) is 4.51. The maximum Gasteiger partial charge on any atom is 0.262 e. The molecular formula is C22H21BrN4O4. The van der Waals surface area contributed by atoms with Crippen LogP contribution in [0.1, 0.15) is 43.9 Å². The molecule has 1 N–H and O–H groups in total. The molecule has 1 saturated heterocycles. The molecule has 4 amide bonds. The van der Waals surface area contributed by atoms with Gasteiger partial charge in [-0.3, -0.25) is 29.1 Å². The molecule has 2 aliphatic heterocycles. The van der Waals surface area contributed by atoms with Crippen molar-refractivity contribution in [3.8, 4) is 0 Å². The maximum atomic E-state index is 12.7. The molecule has 3 heterocycles. The number of aromatic nitrogens is 1. The van der Waals surface area contributed by atoms with Crippen molar-refractivity contribution >= 4 is 39.6 Å². The van der Waals surface area contributed by atoms with Crippen LogP contribution >= 0.6 is 15.9 Å². The SMILES string of the molecule is O=C(NCC1CCN(C(=O)CN2C(=O)c3ccc(Br)cc3C2=O)CC1)c1cccnc1. The van der Waals surface area contributed by atoms with E-state index in [4.69, 9.17) is 0 Å². The first kappa shape index (κ1) is 21.2. The van der Waals surface area contributed by atoms with E-state index in [1.807, 2.05) is 0 Å². The Morgan fingerprint density at radius 3 is 2.55 bits per heavy atom. The number of imide groups is 1. The molecule has 2 aliphatic rings. The third-order valence-electron chi connectivity index (χ3n) is 5.67. The lowest BCUT2D eigenvalue weighted by Crippen LogP contribution is -2.46. The molecule has 8 nitrogen and oxygen atoms in total. The van der Waals surface area contributed by atoms with E-state index in [0.29, 0.717) is 40.8 Å². The number of carbonyl (C=O) groups excluding carboxylic acids is 4. The molecule has 0 spiro atoms. The fourth-order valence-electron chi connectivity index (χ4n) is 3.86. The van der Waals surface area contributed by atoms with Crippen LogP contribution in [0.2, 0.25) is 0 Å². The van der Waals surface area contributed by atoms with E-state index in [1.165, 1.54) is 6.20 Å². The van der Waals surface area contributed by atoms with Crippen LogP contribution in [0.15, 0.2) is 47.2 Å². The van der Waals surface area contributed by atoms with E-state index in [0.717, 1.165) is 17.7 Å². The van der Waals surface area contributed by atoms with E-state index in [1.54, 1.807) is 41.4 Å². The van der Waals surface area contributed by atoms with Crippen molar-refractivity contribution in [1.29, 1.82) is 0 Å². The number of hydrogen-bond acceptors (Lipinski definition) is 5. The summed E-state index contributed by atoms with van der Waals surface area (Å²) in [6.45, 7) is 1.33. The summed E-state index contributed by atoms with van der Waals surface area (Å²) in [6.07, 6.45) is 4.63. The summed E-state index contributed by atoms with van der Waals surface area (Å²) in [4.78, 5) is 56.6. The first-order chi connectivity index (χ1) is 14.9. The summed E-state index contributed by atoms with van der Waals surface area (Å²) in [5, 5.41) is 2.91. The number of benzene rings is 1. The van der Waals surface area contributed by atoms with Crippen molar-refractivity contribution in [3.05, 3.63) is 63.9 Å². The van der Waals surface area contributed by atoms with Gasteiger partial charge in [-0.2, -0.15) is 0 Å². The summed E-state index contributed by atoms with van der Waals surface area (Å²) in [7, 11) is 0. The Balaban J connectivity index is 1.27. The Hall–Kier alpha value is -3.07. The van der Waals surface area contributed by atoms with Gasteiger partial charge in [0, 0.05) is 36.5 Å².